The van der Waals surface area contributed by atoms with Gasteiger partial charge in [0.2, 0.25) is 5.88 Å². The maximum Gasteiger partial charge on any atom is 0.262 e. The molecule has 0 fully saturated rings. The van der Waals surface area contributed by atoms with E-state index < -0.39 is 0 Å². The zero-order valence-electron chi connectivity index (χ0n) is 11.0. The molecule has 0 atom stereocenters. The van der Waals surface area contributed by atoms with Crippen LogP contribution in [-0.2, 0) is 6.54 Å². The highest BCUT2D eigenvalue weighted by Crippen LogP contribution is 2.24. The summed E-state index contributed by atoms with van der Waals surface area (Å²) in [6, 6.07) is 5.41. The predicted molar refractivity (Wildman–Crippen MR) is 76.5 cm³/mol. The maximum atomic E-state index is 12.3. The van der Waals surface area contributed by atoms with Gasteiger partial charge in [-0.05, 0) is 24.6 Å². The first-order valence-corrected chi connectivity index (χ1v) is 6.79. The van der Waals surface area contributed by atoms with Gasteiger partial charge >= 0.3 is 0 Å². The van der Waals surface area contributed by atoms with Crippen LogP contribution in [0.15, 0.2) is 24.4 Å². The van der Waals surface area contributed by atoms with Crippen molar-refractivity contribution in [2.75, 3.05) is 11.9 Å². The van der Waals surface area contributed by atoms with Crippen molar-refractivity contribution in [2.45, 2.75) is 19.9 Å². The van der Waals surface area contributed by atoms with Crippen LogP contribution in [0.25, 0.3) is 0 Å². The van der Waals surface area contributed by atoms with Crippen molar-refractivity contribution < 1.29 is 9.53 Å². The molecule has 20 heavy (non-hydrogen) atoms. The minimum absolute atomic E-state index is 0.243. The first kappa shape index (κ1) is 13.0. The highest BCUT2D eigenvalue weighted by atomic mass is 35.5. The van der Waals surface area contributed by atoms with Crippen LogP contribution in [0.2, 0.25) is 5.02 Å². The molecule has 0 spiro atoms. The summed E-state index contributed by atoms with van der Waals surface area (Å²) in [5.41, 5.74) is 2.07. The van der Waals surface area contributed by atoms with Gasteiger partial charge in [-0.15, -0.1) is 0 Å². The van der Waals surface area contributed by atoms with Crippen molar-refractivity contribution in [3.8, 4) is 5.88 Å². The highest BCUT2D eigenvalue weighted by Gasteiger charge is 2.21. The molecule has 1 aliphatic rings. The topological polar surface area (TPSA) is 56.2 Å². The molecule has 0 saturated heterocycles. The molecule has 0 saturated carbocycles. The number of nitrogens with one attached hydrogen (secondary N) is 1. The first-order valence-electron chi connectivity index (χ1n) is 6.41. The number of carbonyl (C=O) groups is 1. The van der Waals surface area contributed by atoms with Gasteiger partial charge in [0.25, 0.3) is 5.91 Å². The van der Waals surface area contributed by atoms with Crippen LogP contribution in [0.5, 0.6) is 5.88 Å². The third kappa shape index (κ3) is 2.36. The molecule has 3 rings (SSSR count). The number of carbonyl (C=O) groups excluding carboxylic acids is 1. The molecule has 104 valence electrons. The van der Waals surface area contributed by atoms with Gasteiger partial charge in [-0.2, -0.15) is 5.10 Å². The average Bonchev–Trinajstić information content (AvgIpc) is 2.87. The van der Waals surface area contributed by atoms with Gasteiger partial charge in [0.05, 0.1) is 12.8 Å². The van der Waals surface area contributed by atoms with E-state index in [4.69, 9.17) is 16.3 Å². The third-order valence-corrected chi connectivity index (χ3v) is 3.63. The number of nitrogens with zero attached hydrogens (tertiary/aromatic N) is 2. The van der Waals surface area contributed by atoms with E-state index in [9.17, 15) is 4.79 Å². The second-order valence-corrected chi connectivity index (χ2v) is 5.11. The fraction of sp³-hybridized carbons (Fsp3) is 0.286. The summed E-state index contributed by atoms with van der Waals surface area (Å²) in [6.45, 7) is 3.30. The number of anilines is 1. The number of halogens is 1. The zero-order chi connectivity index (χ0) is 14.1. The number of hydrogen-bond acceptors (Lipinski definition) is 3. The lowest BCUT2D eigenvalue weighted by molar-refractivity contribution is 0.102. The van der Waals surface area contributed by atoms with Crippen molar-refractivity contribution in [1.82, 2.24) is 9.78 Å². The van der Waals surface area contributed by atoms with Crippen LogP contribution in [0, 0.1) is 6.92 Å². The number of ether oxygens (including phenoxy) is 1. The van der Waals surface area contributed by atoms with Crippen LogP contribution in [0.3, 0.4) is 0 Å². The molecule has 1 aromatic carbocycles. The zero-order valence-corrected chi connectivity index (χ0v) is 11.8. The molecule has 2 heterocycles. The first-order chi connectivity index (χ1) is 9.65. The van der Waals surface area contributed by atoms with Crippen molar-refractivity contribution in [2.24, 2.45) is 0 Å². The second-order valence-electron chi connectivity index (χ2n) is 4.71. The molecule has 6 heteroatoms. The number of amides is 1. The van der Waals surface area contributed by atoms with E-state index in [1.165, 1.54) is 6.20 Å². The molecule has 1 aromatic heterocycles. The Hall–Kier alpha value is -2.01. The van der Waals surface area contributed by atoms with Gasteiger partial charge in [0.15, 0.2) is 0 Å². The Morgan fingerprint density at radius 3 is 3.15 bits per heavy atom. The number of hydrogen-bond donors (Lipinski definition) is 1. The predicted octanol–water partition coefficient (Wildman–Crippen LogP) is 2.88. The molecule has 0 aliphatic carbocycles. The summed E-state index contributed by atoms with van der Waals surface area (Å²) in [5.74, 6) is 0.292. The summed E-state index contributed by atoms with van der Waals surface area (Å²) >= 11 is 6.05. The lowest BCUT2D eigenvalue weighted by Gasteiger charge is -2.15. The molecule has 1 amide bonds. The average molecular weight is 292 g/mol. The van der Waals surface area contributed by atoms with E-state index in [0.29, 0.717) is 28.8 Å². The van der Waals surface area contributed by atoms with Gasteiger partial charge in [0, 0.05) is 23.7 Å². The second kappa shape index (κ2) is 5.17. The van der Waals surface area contributed by atoms with Gasteiger partial charge in [-0.25, -0.2) is 4.68 Å². The fourth-order valence-corrected chi connectivity index (χ4v) is 2.27. The minimum Gasteiger partial charge on any atom is -0.477 e. The fourth-order valence-electron chi connectivity index (χ4n) is 2.09. The normalized spacial score (nSPS) is 13.5. The molecular formula is C14H14ClN3O2. The Labute approximate surface area is 121 Å². The Balaban J connectivity index is 1.82. The van der Waals surface area contributed by atoms with Gasteiger partial charge in [-0.1, -0.05) is 17.7 Å². The quantitative estimate of drug-likeness (QED) is 0.925. The molecule has 1 N–H and O–H groups in total. The van der Waals surface area contributed by atoms with Crippen LogP contribution in [-0.4, -0.2) is 22.3 Å². The molecule has 5 nitrogen and oxygen atoms in total. The summed E-state index contributed by atoms with van der Waals surface area (Å²) in [5, 5.41) is 7.58. The lowest BCUT2D eigenvalue weighted by Crippen LogP contribution is -2.18. The van der Waals surface area contributed by atoms with E-state index in [-0.39, 0.29) is 5.91 Å². The van der Waals surface area contributed by atoms with Crippen molar-refractivity contribution >= 4 is 23.2 Å². The Morgan fingerprint density at radius 1 is 1.50 bits per heavy atom. The summed E-state index contributed by atoms with van der Waals surface area (Å²) in [7, 11) is 0. The molecule has 0 radical (unpaired) electrons. The highest BCUT2D eigenvalue weighted by molar-refractivity contribution is 6.31. The van der Waals surface area contributed by atoms with Crippen LogP contribution >= 0.6 is 11.6 Å². The van der Waals surface area contributed by atoms with Crippen molar-refractivity contribution in [1.29, 1.82) is 0 Å². The lowest BCUT2D eigenvalue weighted by atomic mass is 10.2. The number of benzene rings is 1. The van der Waals surface area contributed by atoms with E-state index >= 15 is 0 Å². The Bertz CT molecular complexity index is 666. The van der Waals surface area contributed by atoms with E-state index in [0.717, 1.165) is 18.5 Å². The van der Waals surface area contributed by atoms with Crippen molar-refractivity contribution in [3.63, 3.8) is 0 Å². The van der Waals surface area contributed by atoms with Crippen LogP contribution < -0.4 is 10.1 Å². The molecule has 1 aliphatic heterocycles. The van der Waals surface area contributed by atoms with E-state index in [1.807, 2.05) is 19.1 Å². The smallest absolute Gasteiger partial charge is 0.262 e. The minimum atomic E-state index is -0.243. The molecule has 2 aromatic rings. The SMILES string of the molecule is Cc1ccc(NC(=O)c2cnn3c2OCCC3)cc1Cl. The molecular weight excluding hydrogens is 278 g/mol. The summed E-state index contributed by atoms with van der Waals surface area (Å²) < 4.78 is 7.22. The van der Waals surface area contributed by atoms with Gasteiger partial charge in [-0.3, -0.25) is 4.79 Å². The van der Waals surface area contributed by atoms with Gasteiger partial charge in [0.1, 0.15) is 5.56 Å². The van der Waals surface area contributed by atoms with Crippen LogP contribution in [0.1, 0.15) is 22.3 Å². The van der Waals surface area contributed by atoms with Crippen molar-refractivity contribution in [3.05, 3.63) is 40.5 Å². The van der Waals surface area contributed by atoms with E-state index in [2.05, 4.69) is 10.4 Å². The molecule has 0 unspecified atom stereocenters. The Morgan fingerprint density at radius 2 is 2.35 bits per heavy atom. The third-order valence-electron chi connectivity index (χ3n) is 3.22. The molecule has 0 bridgehead atoms. The summed E-state index contributed by atoms with van der Waals surface area (Å²) in [4.78, 5) is 12.3. The number of rotatable bonds is 2. The summed E-state index contributed by atoms with van der Waals surface area (Å²) in [6.07, 6.45) is 2.44. The van der Waals surface area contributed by atoms with Gasteiger partial charge < -0.3 is 10.1 Å². The monoisotopic (exact) mass is 291 g/mol. The number of aromatic nitrogens is 2. The standard InChI is InChI=1S/C14H14ClN3O2/c1-9-3-4-10(7-12(9)15)17-13(19)11-8-16-18-5-2-6-20-14(11)18/h3-4,7-8H,2,5-6H2,1H3,(H,17,19). The number of fused-ring (bicyclic) bond motifs is 1. The Kier molecular flexibility index (Phi) is 3.36. The maximum absolute atomic E-state index is 12.3. The van der Waals surface area contributed by atoms with Crippen LogP contribution in [0.4, 0.5) is 5.69 Å². The largest absolute Gasteiger partial charge is 0.477 e. The van der Waals surface area contributed by atoms with E-state index in [1.54, 1.807) is 10.7 Å². The number of aryl methyl sites for hydroxylation is 2.